The van der Waals surface area contributed by atoms with Crippen LogP contribution in [-0.4, -0.2) is 29.2 Å². The molecule has 0 aliphatic heterocycles. The number of aromatic nitrogens is 3. The molecule has 2 aromatic heterocycles. The largest absolute Gasteiger partial charge is 0.493 e. The second-order valence-electron chi connectivity index (χ2n) is 8.11. The van der Waals surface area contributed by atoms with E-state index < -0.39 is 0 Å². The molecule has 6 heteroatoms. The molecule has 5 aromatic rings. The van der Waals surface area contributed by atoms with Crippen LogP contribution in [0.2, 0.25) is 0 Å². The summed E-state index contributed by atoms with van der Waals surface area (Å²) >= 11 is 0. The zero-order valence-electron chi connectivity index (χ0n) is 19.1. The van der Waals surface area contributed by atoms with E-state index in [2.05, 4.69) is 75.7 Å². The fourth-order valence-electron chi connectivity index (χ4n) is 4.19. The average Bonchev–Trinajstić information content (AvgIpc) is 3.31. The van der Waals surface area contributed by atoms with Crippen molar-refractivity contribution in [1.82, 2.24) is 15.0 Å². The minimum atomic E-state index is 0.0338. The first-order valence-corrected chi connectivity index (χ1v) is 10.9. The third-order valence-corrected chi connectivity index (χ3v) is 5.94. The first-order valence-electron chi connectivity index (χ1n) is 10.9. The highest BCUT2D eigenvalue weighted by molar-refractivity contribution is 5.92. The highest BCUT2D eigenvalue weighted by atomic mass is 16.5. The van der Waals surface area contributed by atoms with Crippen molar-refractivity contribution >= 4 is 27.6 Å². The molecule has 0 aliphatic carbocycles. The minimum absolute atomic E-state index is 0.0338. The number of methoxy groups -OCH3 is 2. The Balaban J connectivity index is 1.49. The number of ether oxygens (including phenoxy) is 2. The molecule has 3 aromatic carbocycles. The summed E-state index contributed by atoms with van der Waals surface area (Å²) in [6.07, 6.45) is 1.97. The molecule has 0 unspecified atom stereocenters. The summed E-state index contributed by atoms with van der Waals surface area (Å²) in [4.78, 5) is 12.5. The van der Waals surface area contributed by atoms with Crippen LogP contribution in [0.4, 0.5) is 5.82 Å². The van der Waals surface area contributed by atoms with Crippen LogP contribution in [0.25, 0.3) is 32.9 Å². The fraction of sp³-hybridized carbons (Fsp3) is 0.185. The quantitative estimate of drug-likeness (QED) is 0.327. The van der Waals surface area contributed by atoms with Gasteiger partial charge in [-0.25, -0.2) is 9.97 Å². The van der Waals surface area contributed by atoms with Crippen molar-refractivity contribution in [3.8, 4) is 22.6 Å². The summed E-state index contributed by atoms with van der Waals surface area (Å²) in [7, 11) is 3.25. The van der Waals surface area contributed by atoms with Gasteiger partial charge in [0.05, 0.1) is 19.7 Å². The maximum absolute atomic E-state index is 5.50. The smallest absolute Gasteiger partial charge is 0.162 e. The van der Waals surface area contributed by atoms with Gasteiger partial charge < -0.3 is 19.8 Å². The van der Waals surface area contributed by atoms with Gasteiger partial charge in [0.1, 0.15) is 11.6 Å². The Morgan fingerprint density at radius 2 is 1.67 bits per heavy atom. The number of rotatable bonds is 6. The monoisotopic (exact) mass is 438 g/mol. The number of fused-ring (bicyclic) bond motifs is 2. The van der Waals surface area contributed by atoms with Crippen molar-refractivity contribution in [2.75, 3.05) is 19.5 Å². The summed E-state index contributed by atoms with van der Waals surface area (Å²) in [5, 5.41) is 5.68. The van der Waals surface area contributed by atoms with Crippen molar-refractivity contribution in [2.45, 2.75) is 19.9 Å². The number of hydrogen-bond donors (Lipinski definition) is 2. The fourth-order valence-corrected chi connectivity index (χ4v) is 4.19. The number of nitrogens with one attached hydrogen (secondary N) is 2. The van der Waals surface area contributed by atoms with E-state index in [9.17, 15) is 0 Å². The van der Waals surface area contributed by atoms with Crippen LogP contribution in [0.3, 0.4) is 0 Å². The van der Waals surface area contributed by atoms with Crippen LogP contribution >= 0.6 is 0 Å². The zero-order chi connectivity index (χ0) is 22.9. The van der Waals surface area contributed by atoms with Crippen molar-refractivity contribution in [3.05, 3.63) is 78.2 Å². The van der Waals surface area contributed by atoms with E-state index in [0.29, 0.717) is 17.3 Å². The second kappa shape index (κ2) is 8.47. The van der Waals surface area contributed by atoms with Gasteiger partial charge in [0.15, 0.2) is 11.5 Å². The van der Waals surface area contributed by atoms with Crippen LogP contribution in [0.1, 0.15) is 24.4 Å². The Labute approximate surface area is 192 Å². The normalized spacial score (nSPS) is 12.1. The van der Waals surface area contributed by atoms with Crippen LogP contribution in [0, 0.1) is 6.92 Å². The zero-order valence-corrected chi connectivity index (χ0v) is 19.1. The molecule has 0 amide bonds. The number of H-pyrrole nitrogens is 1. The number of anilines is 1. The lowest BCUT2D eigenvalue weighted by Gasteiger charge is -2.18. The van der Waals surface area contributed by atoms with Crippen LogP contribution in [-0.2, 0) is 0 Å². The lowest BCUT2D eigenvalue weighted by Crippen LogP contribution is -2.10. The van der Waals surface area contributed by atoms with Crippen LogP contribution < -0.4 is 14.8 Å². The van der Waals surface area contributed by atoms with Crippen LogP contribution in [0.15, 0.2) is 66.9 Å². The molecule has 5 rings (SSSR count). The molecular formula is C27H26N4O2. The first kappa shape index (κ1) is 20.8. The standard InChI is InChI=1S/C27H26N4O2/c1-16(18-6-5-7-19(12-18)20-8-9-23-21(13-20)10-11-28-23)29-27-22-14-25(32-3)26(33-4)15-24(22)30-17(2)31-27/h5-16,28H,1-4H3,(H,29,30,31)/t16-/m1/s1. The number of aromatic amines is 1. The predicted octanol–water partition coefficient (Wildman–Crippen LogP) is 6.28. The molecule has 0 spiro atoms. The molecule has 0 saturated carbocycles. The summed E-state index contributed by atoms with van der Waals surface area (Å²) in [5.41, 5.74) is 5.49. The second-order valence-corrected chi connectivity index (χ2v) is 8.11. The van der Waals surface area contributed by atoms with E-state index in [1.165, 1.54) is 22.1 Å². The van der Waals surface area contributed by atoms with Crippen molar-refractivity contribution in [1.29, 1.82) is 0 Å². The molecule has 6 nitrogen and oxygen atoms in total. The molecule has 0 fully saturated rings. The Kier molecular flexibility index (Phi) is 5.34. The molecule has 0 radical (unpaired) electrons. The van der Waals surface area contributed by atoms with Crippen LogP contribution in [0.5, 0.6) is 11.5 Å². The third kappa shape index (κ3) is 3.96. The third-order valence-electron chi connectivity index (χ3n) is 5.94. The highest BCUT2D eigenvalue weighted by Crippen LogP contribution is 2.35. The Bertz CT molecular complexity index is 1460. The van der Waals surface area contributed by atoms with E-state index in [4.69, 9.17) is 9.47 Å². The molecule has 0 bridgehead atoms. The van der Waals surface area contributed by atoms with Gasteiger partial charge in [-0.3, -0.25) is 0 Å². The molecule has 0 saturated heterocycles. The summed E-state index contributed by atoms with van der Waals surface area (Å²) in [6, 6.07) is 21.0. The molecule has 0 aliphatic rings. The molecule has 166 valence electrons. The van der Waals surface area contributed by atoms with Crippen molar-refractivity contribution < 1.29 is 9.47 Å². The summed E-state index contributed by atoms with van der Waals surface area (Å²) < 4.78 is 10.9. The van der Waals surface area contributed by atoms with E-state index in [0.717, 1.165) is 22.2 Å². The van der Waals surface area contributed by atoms with Gasteiger partial charge in [-0.15, -0.1) is 0 Å². The van der Waals surface area contributed by atoms with E-state index in [-0.39, 0.29) is 6.04 Å². The van der Waals surface area contributed by atoms with Gasteiger partial charge >= 0.3 is 0 Å². The van der Waals surface area contributed by atoms with E-state index >= 15 is 0 Å². The molecular weight excluding hydrogens is 412 g/mol. The minimum Gasteiger partial charge on any atom is -0.493 e. The van der Waals surface area contributed by atoms with Gasteiger partial charge in [-0.2, -0.15) is 0 Å². The van der Waals surface area contributed by atoms with Gasteiger partial charge in [-0.1, -0.05) is 24.3 Å². The SMILES string of the molecule is COc1cc2nc(C)nc(N[C@H](C)c3cccc(-c4ccc5[nH]ccc5c4)c3)c2cc1OC. The number of hydrogen-bond acceptors (Lipinski definition) is 5. The van der Waals surface area contributed by atoms with Crippen molar-refractivity contribution in [2.24, 2.45) is 0 Å². The molecule has 2 N–H and O–H groups in total. The van der Waals surface area contributed by atoms with Crippen molar-refractivity contribution in [3.63, 3.8) is 0 Å². The van der Waals surface area contributed by atoms with Gasteiger partial charge in [-0.05, 0) is 66.3 Å². The van der Waals surface area contributed by atoms with E-state index in [1.54, 1.807) is 14.2 Å². The average molecular weight is 439 g/mol. The Morgan fingerprint density at radius 1 is 0.879 bits per heavy atom. The summed E-state index contributed by atoms with van der Waals surface area (Å²) in [5.74, 6) is 2.76. The van der Waals surface area contributed by atoms with E-state index in [1.807, 2.05) is 25.3 Å². The Morgan fingerprint density at radius 3 is 2.48 bits per heavy atom. The lowest BCUT2D eigenvalue weighted by molar-refractivity contribution is 0.356. The lowest BCUT2D eigenvalue weighted by atomic mass is 9.99. The predicted molar refractivity (Wildman–Crippen MR) is 133 cm³/mol. The number of aryl methyl sites for hydroxylation is 1. The Hall–Kier alpha value is -4.06. The highest BCUT2D eigenvalue weighted by Gasteiger charge is 2.15. The molecule has 33 heavy (non-hydrogen) atoms. The molecule has 1 atom stereocenters. The maximum Gasteiger partial charge on any atom is 0.162 e. The van der Waals surface area contributed by atoms with Gasteiger partial charge in [0, 0.05) is 29.2 Å². The topological polar surface area (TPSA) is 72.1 Å². The molecule has 2 heterocycles. The maximum atomic E-state index is 5.50. The first-order chi connectivity index (χ1) is 16.1. The number of nitrogens with zero attached hydrogens (tertiary/aromatic N) is 2. The number of benzene rings is 3. The summed E-state index contributed by atoms with van der Waals surface area (Å²) in [6.45, 7) is 4.03. The van der Waals surface area contributed by atoms with Gasteiger partial charge in [0.25, 0.3) is 0 Å². The van der Waals surface area contributed by atoms with Gasteiger partial charge in [0.2, 0.25) is 0 Å².